The molecular formula is C15H13N2. The van der Waals surface area contributed by atoms with Crippen LogP contribution >= 0.6 is 0 Å². The molecule has 1 radical (unpaired) electrons. The second-order valence-corrected chi connectivity index (χ2v) is 4.03. The Bertz CT molecular complexity index is 578. The molecule has 0 fully saturated rings. The maximum absolute atomic E-state index is 4.52. The van der Waals surface area contributed by atoms with Gasteiger partial charge in [-0.25, -0.2) is 4.98 Å². The van der Waals surface area contributed by atoms with Gasteiger partial charge in [-0.05, 0) is 24.1 Å². The zero-order valence-electron chi connectivity index (χ0n) is 9.43. The molecule has 1 heterocycles. The van der Waals surface area contributed by atoms with E-state index in [-0.39, 0.29) is 0 Å². The molecule has 0 saturated heterocycles. The number of rotatable bonds is 3. The number of aromatic nitrogens is 2. The van der Waals surface area contributed by atoms with Crippen LogP contribution in [-0.2, 0) is 6.42 Å². The van der Waals surface area contributed by atoms with Gasteiger partial charge >= 0.3 is 0 Å². The lowest BCUT2D eigenvalue weighted by molar-refractivity contribution is 1.08. The number of hydrogen-bond acceptors (Lipinski definition) is 1. The quantitative estimate of drug-likeness (QED) is 0.721. The molecule has 0 atom stereocenters. The highest BCUT2D eigenvalue weighted by molar-refractivity contribution is 5.75. The first-order valence-corrected chi connectivity index (χ1v) is 5.74. The van der Waals surface area contributed by atoms with Crippen LogP contribution in [0.15, 0.2) is 54.6 Å². The van der Waals surface area contributed by atoms with Gasteiger partial charge in [0.2, 0.25) is 0 Å². The number of hydrogen-bond donors (Lipinski definition) is 1. The van der Waals surface area contributed by atoms with Crippen molar-refractivity contribution in [2.75, 3.05) is 0 Å². The third-order valence-corrected chi connectivity index (χ3v) is 2.78. The molecule has 2 heteroatoms. The Labute approximate surface area is 100 Å². The summed E-state index contributed by atoms with van der Waals surface area (Å²) in [5.74, 6) is 0.940. The molecule has 0 aliphatic rings. The van der Waals surface area contributed by atoms with Crippen LogP contribution in [0, 0.1) is 6.42 Å². The normalized spacial score (nSPS) is 10.8. The van der Waals surface area contributed by atoms with E-state index in [1.165, 1.54) is 5.56 Å². The number of imidazole rings is 1. The smallest absolute Gasteiger partial charge is 0.111 e. The van der Waals surface area contributed by atoms with Crippen molar-refractivity contribution in [2.24, 2.45) is 0 Å². The molecule has 0 unspecified atom stereocenters. The van der Waals surface area contributed by atoms with Gasteiger partial charge in [-0.1, -0.05) is 42.5 Å². The number of benzene rings is 2. The molecule has 1 aromatic heterocycles. The third kappa shape index (κ3) is 2.21. The molecule has 0 spiro atoms. The number of H-pyrrole nitrogens is 1. The second-order valence-electron chi connectivity index (χ2n) is 4.03. The SMILES string of the molecule is [CH](Cc1ccccc1)c1nc2ccccc2[nH]1. The summed E-state index contributed by atoms with van der Waals surface area (Å²) in [5.41, 5.74) is 3.41. The minimum Gasteiger partial charge on any atom is -0.342 e. The molecule has 0 bridgehead atoms. The van der Waals surface area contributed by atoms with Gasteiger partial charge < -0.3 is 4.98 Å². The number of nitrogens with one attached hydrogen (secondary N) is 1. The van der Waals surface area contributed by atoms with Crippen LogP contribution in [0.5, 0.6) is 0 Å². The summed E-state index contributed by atoms with van der Waals surface area (Å²) in [7, 11) is 0. The maximum Gasteiger partial charge on any atom is 0.111 e. The lowest BCUT2D eigenvalue weighted by atomic mass is 10.1. The summed E-state index contributed by atoms with van der Waals surface area (Å²) in [4.78, 5) is 7.82. The molecule has 0 aliphatic carbocycles. The fraction of sp³-hybridized carbons (Fsp3) is 0.0667. The molecule has 3 aromatic rings. The van der Waals surface area contributed by atoms with E-state index < -0.39 is 0 Å². The predicted octanol–water partition coefficient (Wildman–Crippen LogP) is 3.36. The summed E-state index contributed by atoms with van der Waals surface area (Å²) in [6, 6.07) is 18.5. The number of aromatic amines is 1. The van der Waals surface area contributed by atoms with Crippen LogP contribution < -0.4 is 0 Å². The van der Waals surface area contributed by atoms with Gasteiger partial charge in [0.1, 0.15) is 5.82 Å². The lowest BCUT2D eigenvalue weighted by Gasteiger charge is -1.97. The fourth-order valence-electron chi connectivity index (χ4n) is 1.90. The van der Waals surface area contributed by atoms with Crippen molar-refractivity contribution in [3.8, 4) is 0 Å². The fourth-order valence-corrected chi connectivity index (χ4v) is 1.90. The average Bonchev–Trinajstić information content (AvgIpc) is 2.80. The van der Waals surface area contributed by atoms with E-state index in [1.807, 2.05) is 30.3 Å². The van der Waals surface area contributed by atoms with Crippen molar-refractivity contribution in [2.45, 2.75) is 6.42 Å². The first-order valence-electron chi connectivity index (χ1n) is 5.74. The molecule has 0 aliphatic heterocycles. The van der Waals surface area contributed by atoms with Gasteiger partial charge in [-0.15, -0.1) is 0 Å². The molecule has 17 heavy (non-hydrogen) atoms. The van der Waals surface area contributed by atoms with Crippen LogP contribution in [0.25, 0.3) is 11.0 Å². The van der Waals surface area contributed by atoms with Crippen molar-refractivity contribution < 1.29 is 0 Å². The number of nitrogens with zero attached hydrogens (tertiary/aromatic N) is 1. The second kappa shape index (κ2) is 4.42. The third-order valence-electron chi connectivity index (χ3n) is 2.78. The van der Waals surface area contributed by atoms with Crippen molar-refractivity contribution >= 4 is 11.0 Å². The zero-order valence-corrected chi connectivity index (χ0v) is 9.43. The van der Waals surface area contributed by atoms with Crippen LogP contribution in [0.1, 0.15) is 11.4 Å². The number of fused-ring (bicyclic) bond motifs is 1. The number of para-hydroxylation sites is 2. The molecule has 83 valence electrons. The topological polar surface area (TPSA) is 28.7 Å². The molecule has 0 saturated carbocycles. The monoisotopic (exact) mass is 221 g/mol. The molecule has 1 N–H and O–H groups in total. The van der Waals surface area contributed by atoms with Gasteiger partial charge in [0.15, 0.2) is 0 Å². The van der Waals surface area contributed by atoms with Gasteiger partial charge in [0.05, 0.1) is 11.0 Å². The van der Waals surface area contributed by atoms with E-state index in [9.17, 15) is 0 Å². The zero-order chi connectivity index (χ0) is 11.5. The molecule has 2 nitrogen and oxygen atoms in total. The van der Waals surface area contributed by atoms with Crippen LogP contribution in [0.3, 0.4) is 0 Å². The first kappa shape index (κ1) is 10.1. The highest BCUT2D eigenvalue weighted by atomic mass is 14.9. The van der Waals surface area contributed by atoms with E-state index in [0.29, 0.717) is 0 Å². The summed E-state index contributed by atoms with van der Waals surface area (Å²) in [5, 5.41) is 0. The van der Waals surface area contributed by atoms with E-state index in [0.717, 1.165) is 23.3 Å². The minimum absolute atomic E-state index is 0.903. The molecule has 0 amide bonds. The molecule has 2 aromatic carbocycles. The Balaban J connectivity index is 1.77. The highest BCUT2D eigenvalue weighted by Crippen LogP contribution is 2.13. The van der Waals surface area contributed by atoms with Crippen LogP contribution in [0.4, 0.5) is 0 Å². The molecular weight excluding hydrogens is 208 g/mol. The standard InChI is InChI=1S/C15H13N2/c1-2-6-12(7-3-1)10-11-15-16-13-8-4-5-9-14(13)17-15/h1-9,11H,10H2,(H,16,17). The van der Waals surface area contributed by atoms with Crippen molar-refractivity contribution in [3.05, 3.63) is 72.4 Å². The van der Waals surface area contributed by atoms with Gasteiger partial charge in [0, 0.05) is 6.42 Å². The van der Waals surface area contributed by atoms with E-state index in [4.69, 9.17) is 0 Å². The summed E-state index contributed by atoms with van der Waals surface area (Å²) >= 11 is 0. The van der Waals surface area contributed by atoms with Gasteiger partial charge in [-0.2, -0.15) is 0 Å². The Hall–Kier alpha value is -2.09. The maximum atomic E-state index is 4.52. The summed E-state index contributed by atoms with van der Waals surface area (Å²) in [6.07, 6.45) is 3.02. The summed E-state index contributed by atoms with van der Waals surface area (Å²) < 4.78 is 0. The Morgan fingerprint density at radius 1 is 0.941 bits per heavy atom. The van der Waals surface area contributed by atoms with E-state index >= 15 is 0 Å². The summed E-state index contributed by atoms with van der Waals surface area (Å²) in [6.45, 7) is 0. The van der Waals surface area contributed by atoms with Gasteiger partial charge in [-0.3, -0.25) is 0 Å². The minimum atomic E-state index is 0.903. The predicted molar refractivity (Wildman–Crippen MR) is 69.6 cm³/mol. The average molecular weight is 221 g/mol. The first-order chi connectivity index (χ1) is 8.42. The van der Waals surface area contributed by atoms with Crippen LogP contribution in [0.2, 0.25) is 0 Å². The van der Waals surface area contributed by atoms with E-state index in [2.05, 4.69) is 40.7 Å². The van der Waals surface area contributed by atoms with Crippen molar-refractivity contribution in [1.82, 2.24) is 9.97 Å². The Kier molecular flexibility index (Phi) is 2.62. The highest BCUT2D eigenvalue weighted by Gasteiger charge is 2.02. The molecule has 3 rings (SSSR count). The Morgan fingerprint density at radius 3 is 2.53 bits per heavy atom. The largest absolute Gasteiger partial charge is 0.342 e. The van der Waals surface area contributed by atoms with Gasteiger partial charge in [0.25, 0.3) is 0 Å². The lowest BCUT2D eigenvalue weighted by Crippen LogP contribution is -1.89. The van der Waals surface area contributed by atoms with Crippen molar-refractivity contribution in [1.29, 1.82) is 0 Å². The van der Waals surface area contributed by atoms with E-state index in [1.54, 1.807) is 0 Å². The van der Waals surface area contributed by atoms with Crippen LogP contribution in [-0.4, -0.2) is 9.97 Å². The van der Waals surface area contributed by atoms with Crippen molar-refractivity contribution in [3.63, 3.8) is 0 Å². The Morgan fingerprint density at radius 2 is 1.71 bits per heavy atom.